The Bertz CT molecular complexity index is 1110. The largest absolute Gasteiger partial charge is 0.296 e. The third-order valence-corrected chi connectivity index (χ3v) is 7.56. The first-order valence-corrected chi connectivity index (χ1v) is 11.0. The van der Waals surface area contributed by atoms with Crippen molar-refractivity contribution in [3.63, 3.8) is 0 Å². The van der Waals surface area contributed by atoms with Gasteiger partial charge in [-0.15, -0.1) is 11.3 Å². The van der Waals surface area contributed by atoms with Crippen LogP contribution in [-0.2, 0) is 16.6 Å². The molecular formula is C18H20N4O3S2. The van der Waals surface area contributed by atoms with Gasteiger partial charge in [-0.25, -0.2) is 13.4 Å². The Morgan fingerprint density at radius 2 is 1.81 bits per heavy atom. The monoisotopic (exact) mass is 404 g/mol. The van der Waals surface area contributed by atoms with Crippen LogP contribution >= 0.6 is 11.3 Å². The highest BCUT2D eigenvalue weighted by atomic mass is 32.2. The Morgan fingerprint density at radius 1 is 1.11 bits per heavy atom. The van der Waals surface area contributed by atoms with E-state index in [1.54, 1.807) is 18.5 Å². The first kappa shape index (κ1) is 18.3. The van der Waals surface area contributed by atoms with Crippen LogP contribution in [0.15, 0.2) is 51.6 Å². The summed E-state index contributed by atoms with van der Waals surface area (Å²) in [5.41, 5.74) is 0.939. The predicted molar refractivity (Wildman–Crippen MR) is 105 cm³/mol. The second kappa shape index (κ2) is 7.16. The minimum absolute atomic E-state index is 0.213. The second-order valence-corrected chi connectivity index (χ2v) is 9.30. The minimum Gasteiger partial charge on any atom is -0.296 e. The highest BCUT2D eigenvalue weighted by Crippen LogP contribution is 2.19. The van der Waals surface area contributed by atoms with Gasteiger partial charge in [-0.1, -0.05) is 30.3 Å². The van der Waals surface area contributed by atoms with Gasteiger partial charge in [0.1, 0.15) is 0 Å². The summed E-state index contributed by atoms with van der Waals surface area (Å²) in [5.74, 6) is 0. The molecule has 1 aliphatic heterocycles. The normalized spacial score (nSPS) is 16.8. The van der Waals surface area contributed by atoms with Crippen molar-refractivity contribution >= 4 is 26.3 Å². The van der Waals surface area contributed by atoms with Gasteiger partial charge < -0.3 is 0 Å². The molecule has 1 aliphatic rings. The SMILES string of the molecule is Cc1nc2sccn2c(=O)c1S(=O)(=O)N1CCN(Cc2ccccc2)CC1. The van der Waals surface area contributed by atoms with Crippen LogP contribution in [0.2, 0.25) is 0 Å². The van der Waals surface area contributed by atoms with Crippen molar-refractivity contribution in [1.82, 2.24) is 18.6 Å². The van der Waals surface area contributed by atoms with Crippen molar-refractivity contribution in [3.05, 3.63) is 63.5 Å². The molecule has 1 fully saturated rings. The summed E-state index contributed by atoms with van der Waals surface area (Å²) in [6, 6.07) is 10.1. The van der Waals surface area contributed by atoms with Gasteiger partial charge >= 0.3 is 0 Å². The van der Waals surface area contributed by atoms with Crippen LogP contribution in [-0.4, -0.2) is 53.2 Å². The van der Waals surface area contributed by atoms with Crippen molar-refractivity contribution in [2.24, 2.45) is 0 Å². The number of aromatic nitrogens is 2. The molecule has 3 heterocycles. The van der Waals surface area contributed by atoms with E-state index in [2.05, 4.69) is 22.0 Å². The fourth-order valence-electron chi connectivity index (χ4n) is 3.36. The Kier molecular flexibility index (Phi) is 4.85. The molecule has 0 bridgehead atoms. The molecule has 1 aromatic carbocycles. The molecule has 0 amide bonds. The fraction of sp³-hybridized carbons (Fsp3) is 0.333. The zero-order valence-corrected chi connectivity index (χ0v) is 16.5. The third kappa shape index (κ3) is 3.43. The van der Waals surface area contributed by atoms with Gasteiger partial charge in [-0.05, 0) is 12.5 Å². The smallest absolute Gasteiger partial charge is 0.279 e. The van der Waals surface area contributed by atoms with Crippen LogP contribution in [0.1, 0.15) is 11.3 Å². The van der Waals surface area contributed by atoms with Gasteiger partial charge in [0.15, 0.2) is 9.86 Å². The lowest BCUT2D eigenvalue weighted by molar-refractivity contribution is 0.181. The Labute approximate surface area is 161 Å². The van der Waals surface area contributed by atoms with Gasteiger partial charge in [0.05, 0.1) is 5.69 Å². The van der Waals surface area contributed by atoms with Gasteiger partial charge in [-0.2, -0.15) is 4.31 Å². The lowest BCUT2D eigenvalue weighted by Crippen LogP contribution is -2.49. The maximum atomic E-state index is 13.1. The molecule has 1 saturated heterocycles. The summed E-state index contributed by atoms with van der Waals surface area (Å²) in [4.78, 5) is 19.5. The number of thiazole rings is 1. The van der Waals surface area contributed by atoms with E-state index in [-0.39, 0.29) is 10.6 Å². The van der Waals surface area contributed by atoms with E-state index in [0.717, 1.165) is 6.54 Å². The van der Waals surface area contributed by atoms with Gasteiger partial charge in [-0.3, -0.25) is 14.1 Å². The van der Waals surface area contributed by atoms with Crippen molar-refractivity contribution in [2.45, 2.75) is 18.4 Å². The van der Waals surface area contributed by atoms with Crippen molar-refractivity contribution in [1.29, 1.82) is 0 Å². The zero-order valence-electron chi connectivity index (χ0n) is 14.9. The number of aryl methyl sites for hydroxylation is 1. The topological polar surface area (TPSA) is 75.0 Å². The first-order valence-electron chi connectivity index (χ1n) is 8.70. The maximum absolute atomic E-state index is 13.1. The summed E-state index contributed by atoms with van der Waals surface area (Å²) >= 11 is 1.31. The summed E-state index contributed by atoms with van der Waals surface area (Å²) in [5, 5.41) is 1.72. The predicted octanol–water partition coefficient (Wildman–Crippen LogP) is 1.57. The van der Waals surface area contributed by atoms with Gasteiger partial charge in [0, 0.05) is 44.3 Å². The molecule has 27 heavy (non-hydrogen) atoms. The highest BCUT2D eigenvalue weighted by molar-refractivity contribution is 7.89. The highest BCUT2D eigenvalue weighted by Gasteiger charge is 2.33. The molecule has 3 aromatic rings. The van der Waals surface area contributed by atoms with Gasteiger partial charge in [0.25, 0.3) is 15.6 Å². The Balaban J connectivity index is 1.55. The molecule has 9 heteroatoms. The third-order valence-electron chi connectivity index (χ3n) is 4.77. The molecule has 0 radical (unpaired) electrons. The number of rotatable bonds is 4. The molecule has 7 nitrogen and oxygen atoms in total. The van der Waals surface area contributed by atoms with Crippen LogP contribution in [0, 0.1) is 6.92 Å². The number of fused-ring (bicyclic) bond motifs is 1. The van der Waals surface area contributed by atoms with E-state index in [9.17, 15) is 13.2 Å². The van der Waals surface area contributed by atoms with Crippen LogP contribution in [0.25, 0.3) is 4.96 Å². The minimum atomic E-state index is -3.87. The van der Waals surface area contributed by atoms with E-state index < -0.39 is 15.6 Å². The average Bonchev–Trinajstić information content (AvgIpc) is 3.11. The zero-order chi connectivity index (χ0) is 19.0. The van der Waals surface area contributed by atoms with Crippen LogP contribution in [0.4, 0.5) is 0 Å². The van der Waals surface area contributed by atoms with Crippen LogP contribution in [0.5, 0.6) is 0 Å². The van der Waals surface area contributed by atoms with Crippen molar-refractivity contribution in [2.75, 3.05) is 26.2 Å². The Hall–Kier alpha value is -2.07. The van der Waals surface area contributed by atoms with E-state index in [0.29, 0.717) is 31.1 Å². The molecule has 0 saturated carbocycles. The fourth-order valence-corrected chi connectivity index (χ4v) is 5.75. The summed E-state index contributed by atoms with van der Waals surface area (Å²) in [6.45, 7) is 4.35. The van der Waals surface area contributed by atoms with E-state index in [1.807, 2.05) is 18.2 Å². The molecule has 2 aromatic heterocycles. The molecule has 0 spiro atoms. The lowest BCUT2D eigenvalue weighted by Gasteiger charge is -2.34. The molecule has 0 unspecified atom stereocenters. The van der Waals surface area contributed by atoms with Crippen molar-refractivity contribution in [3.8, 4) is 0 Å². The number of sulfonamides is 1. The van der Waals surface area contributed by atoms with Crippen molar-refractivity contribution < 1.29 is 8.42 Å². The number of nitrogens with zero attached hydrogens (tertiary/aromatic N) is 4. The summed E-state index contributed by atoms with van der Waals surface area (Å²) in [6.07, 6.45) is 1.56. The molecule has 4 rings (SSSR count). The Morgan fingerprint density at radius 3 is 2.52 bits per heavy atom. The number of benzene rings is 1. The standard InChI is InChI=1S/C18H20N4O3S2/c1-14-16(17(23)22-11-12-26-18(22)19-14)27(24,25)21-9-7-20(8-10-21)13-15-5-3-2-4-6-15/h2-6,11-12H,7-10,13H2,1H3. The summed E-state index contributed by atoms with van der Waals surface area (Å²) in [7, 11) is -3.87. The maximum Gasteiger partial charge on any atom is 0.279 e. The van der Waals surface area contributed by atoms with E-state index in [4.69, 9.17) is 0 Å². The van der Waals surface area contributed by atoms with E-state index in [1.165, 1.54) is 25.6 Å². The quantitative estimate of drug-likeness (QED) is 0.660. The van der Waals surface area contributed by atoms with Gasteiger partial charge in [0.2, 0.25) is 0 Å². The summed E-state index contributed by atoms with van der Waals surface area (Å²) < 4.78 is 28.9. The first-order chi connectivity index (χ1) is 13.0. The number of piperazine rings is 1. The molecule has 0 atom stereocenters. The lowest BCUT2D eigenvalue weighted by atomic mass is 10.2. The molecule has 0 N–H and O–H groups in total. The van der Waals surface area contributed by atoms with Crippen LogP contribution < -0.4 is 5.56 Å². The molecule has 0 aliphatic carbocycles. The molecule has 142 valence electrons. The second-order valence-electron chi connectivity index (χ2n) is 6.55. The number of hydrogen-bond acceptors (Lipinski definition) is 6. The molecular weight excluding hydrogens is 384 g/mol. The number of hydrogen-bond donors (Lipinski definition) is 0. The van der Waals surface area contributed by atoms with Crippen LogP contribution in [0.3, 0.4) is 0 Å². The average molecular weight is 405 g/mol. The van der Waals surface area contributed by atoms with E-state index >= 15 is 0 Å².